The van der Waals surface area contributed by atoms with Crippen molar-refractivity contribution < 1.29 is 4.74 Å². The molecule has 0 atom stereocenters. The van der Waals surface area contributed by atoms with Crippen molar-refractivity contribution in [2.75, 3.05) is 12.8 Å². The second-order valence-corrected chi connectivity index (χ2v) is 3.47. The van der Waals surface area contributed by atoms with Gasteiger partial charge >= 0.3 is 0 Å². The summed E-state index contributed by atoms with van der Waals surface area (Å²) >= 11 is 5.78. The summed E-state index contributed by atoms with van der Waals surface area (Å²) in [7, 11) is 1.48. The van der Waals surface area contributed by atoms with Crippen molar-refractivity contribution >= 4 is 17.4 Å². The topological polar surface area (TPSA) is 73.9 Å². The number of anilines is 1. The van der Waals surface area contributed by atoms with E-state index in [1.54, 1.807) is 24.3 Å². The Hall–Kier alpha value is -1.88. The summed E-state index contributed by atoms with van der Waals surface area (Å²) in [5.74, 6) is 0.878. The molecule has 2 aromatic rings. The van der Waals surface area contributed by atoms with Crippen molar-refractivity contribution in [1.82, 2.24) is 15.2 Å². The Balaban J connectivity index is 2.44. The molecule has 0 aliphatic heterocycles. The van der Waals surface area contributed by atoms with E-state index >= 15 is 0 Å². The van der Waals surface area contributed by atoms with E-state index in [1.807, 2.05) is 0 Å². The van der Waals surface area contributed by atoms with Crippen molar-refractivity contribution in [3.8, 4) is 17.3 Å². The molecule has 82 valence electrons. The number of hydrogen-bond acceptors (Lipinski definition) is 5. The van der Waals surface area contributed by atoms with Gasteiger partial charge in [0.15, 0.2) is 5.82 Å². The summed E-state index contributed by atoms with van der Waals surface area (Å²) in [5.41, 5.74) is 6.32. The number of halogens is 1. The Morgan fingerprint density at radius 3 is 2.50 bits per heavy atom. The largest absolute Gasteiger partial charge is 0.478 e. The Morgan fingerprint density at radius 1 is 1.19 bits per heavy atom. The number of nitrogens with two attached hydrogens (primary N) is 1. The van der Waals surface area contributed by atoms with Crippen molar-refractivity contribution in [3.05, 3.63) is 29.3 Å². The fraction of sp³-hybridized carbons (Fsp3) is 0.100. The maximum atomic E-state index is 5.78. The number of hydrogen-bond donors (Lipinski definition) is 1. The van der Waals surface area contributed by atoms with Crippen molar-refractivity contribution in [2.24, 2.45) is 0 Å². The lowest BCUT2D eigenvalue weighted by molar-refractivity contribution is 0.397. The van der Waals surface area contributed by atoms with E-state index in [-0.39, 0.29) is 11.7 Å². The first-order valence-corrected chi connectivity index (χ1v) is 4.88. The molecule has 0 bridgehead atoms. The Kier molecular flexibility index (Phi) is 2.87. The van der Waals surface area contributed by atoms with Gasteiger partial charge < -0.3 is 10.5 Å². The number of aromatic nitrogens is 3. The lowest BCUT2D eigenvalue weighted by atomic mass is 10.2. The van der Waals surface area contributed by atoms with Gasteiger partial charge in [-0.15, -0.1) is 10.2 Å². The summed E-state index contributed by atoms with van der Waals surface area (Å²) in [6, 6.07) is 7.11. The third kappa shape index (κ3) is 2.04. The molecule has 2 N–H and O–H groups in total. The first-order chi connectivity index (χ1) is 7.70. The van der Waals surface area contributed by atoms with E-state index in [0.717, 1.165) is 5.56 Å². The molecule has 0 amide bonds. The second-order valence-electron chi connectivity index (χ2n) is 3.04. The van der Waals surface area contributed by atoms with Crippen LogP contribution in [0.15, 0.2) is 24.3 Å². The van der Waals surface area contributed by atoms with Gasteiger partial charge in [0.25, 0.3) is 5.88 Å². The SMILES string of the molecule is COc1nc(-c2ccc(Cl)cc2)nnc1N. The molecule has 0 saturated heterocycles. The maximum Gasteiger partial charge on any atom is 0.260 e. The summed E-state index contributed by atoms with van der Waals surface area (Å²) in [6.07, 6.45) is 0. The number of nitrogen functional groups attached to an aromatic ring is 1. The third-order valence-corrected chi connectivity index (χ3v) is 2.23. The fourth-order valence-electron chi connectivity index (χ4n) is 1.19. The highest BCUT2D eigenvalue weighted by Crippen LogP contribution is 2.21. The smallest absolute Gasteiger partial charge is 0.260 e. The summed E-state index contributed by atoms with van der Waals surface area (Å²) < 4.78 is 4.97. The van der Waals surface area contributed by atoms with Gasteiger partial charge in [-0.2, -0.15) is 4.98 Å². The molecule has 0 spiro atoms. The molecule has 16 heavy (non-hydrogen) atoms. The van der Waals surface area contributed by atoms with Crippen LogP contribution in [0.5, 0.6) is 5.88 Å². The van der Waals surface area contributed by atoms with Gasteiger partial charge in [0.2, 0.25) is 5.82 Å². The van der Waals surface area contributed by atoms with E-state index in [2.05, 4.69) is 15.2 Å². The normalized spacial score (nSPS) is 10.1. The molecule has 0 fully saturated rings. The summed E-state index contributed by atoms with van der Waals surface area (Å²) in [4.78, 5) is 4.13. The second kappa shape index (κ2) is 4.32. The van der Waals surface area contributed by atoms with Crippen molar-refractivity contribution in [3.63, 3.8) is 0 Å². The van der Waals surface area contributed by atoms with Crippen LogP contribution < -0.4 is 10.5 Å². The van der Waals surface area contributed by atoms with Crippen LogP contribution in [0.1, 0.15) is 0 Å². The molecule has 5 nitrogen and oxygen atoms in total. The van der Waals surface area contributed by atoms with Crippen LogP contribution in [0.3, 0.4) is 0 Å². The maximum absolute atomic E-state index is 5.78. The molecular weight excluding hydrogens is 228 g/mol. The molecular formula is C10H9ClN4O. The van der Waals surface area contributed by atoms with E-state index in [4.69, 9.17) is 22.1 Å². The van der Waals surface area contributed by atoms with Gasteiger partial charge in [-0.1, -0.05) is 11.6 Å². The summed E-state index contributed by atoms with van der Waals surface area (Å²) in [6.45, 7) is 0. The Labute approximate surface area is 97.2 Å². The van der Waals surface area contributed by atoms with Gasteiger partial charge in [0.05, 0.1) is 7.11 Å². The van der Waals surface area contributed by atoms with Crippen LogP contribution in [0.4, 0.5) is 5.82 Å². The Bertz CT molecular complexity index is 501. The van der Waals surface area contributed by atoms with Crippen LogP contribution in [0.25, 0.3) is 11.4 Å². The minimum atomic E-state index is 0.167. The standard InChI is InChI=1S/C10H9ClN4O/c1-16-10-8(12)14-15-9(13-10)6-2-4-7(11)5-3-6/h2-5H,1H3,(H2,12,14). The molecule has 6 heteroatoms. The molecule has 1 aromatic carbocycles. The van der Waals surface area contributed by atoms with Crippen LogP contribution in [-0.4, -0.2) is 22.3 Å². The molecule has 0 unspecified atom stereocenters. The quantitative estimate of drug-likeness (QED) is 0.860. The van der Waals surface area contributed by atoms with Crippen molar-refractivity contribution in [1.29, 1.82) is 0 Å². The molecule has 0 radical (unpaired) electrons. The number of nitrogens with zero attached hydrogens (tertiary/aromatic N) is 3. The average Bonchev–Trinajstić information content (AvgIpc) is 2.31. The minimum Gasteiger partial charge on any atom is -0.478 e. The Morgan fingerprint density at radius 2 is 1.88 bits per heavy atom. The van der Waals surface area contributed by atoms with Crippen LogP contribution in [0, 0.1) is 0 Å². The zero-order valence-corrected chi connectivity index (χ0v) is 9.27. The number of ether oxygens (including phenoxy) is 1. The van der Waals surface area contributed by atoms with E-state index in [0.29, 0.717) is 10.8 Å². The zero-order chi connectivity index (χ0) is 11.5. The molecule has 1 aromatic heterocycles. The van der Waals surface area contributed by atoms with Crippen LogP contribution in [-0.2, 0) is 0 Å². The highest BCUT2D eigenvalue weighted by molar-refractivity contribution is 6.30. The van der Waals surface area contributed by atoms with Gasteiger partial charge in [-0.05, 0) is 24.3 Å². The predicted octanol–water partition coefficient (Wildman–Crippen LogP) is 1.78. The highest BCUT2D eigenvalue weighted by Gasteiger charge is 2.07. The predicted molar refractivity (Wildman–Crippen MR) is 61.2 cm³/mol. The van der Waals surface area contributed by atoms with Crippen LogP contribution in [0.2, 0.25) is 5.02 Å². The van der Waals surface area contributed by atoms with Crippen molar-refractivity contribution in [2.45, 2.75) is 0 Å². The summed E-state index contributed by atoms with van der Waals surface area (Å²) in [5, 5.41) is 8.29. The highest BCUT2D eigenvalue weighted by atomic mass is 35.5. The molecule has 0 aliphatic carbocycles. The first-order valence-electron chi connectivity index (χ1n) is 4.51. The third-order valence-electron chi connectivity index (χ3n) is 1.97. The monoisotopic (exact) mass is 236 g/mol. The molecule has 0 saturated carbocycles. The first kappa shape index (κ1) is 10.6. The van der Waals surface area contributed by atoms with E-state index < -0.39 is 0 Å². The lowest BCUT2D eigenvalue weighted by Crippen LogP contribution is -2.02. The lowest BCUT2D eigenvalue weighted by Gasteiger charge is -2.03. The average molecular weight is 237 g/mol. The molecule has 0 aliphatic rings. The molecule has 2 rings (SSSR count). The van der Waals surface area contributed by atoms with E-state index in [9.17, 15) is 0 Å². The molecule has 1 heterocycles. The van der Waals surface area contributed by atoms with Gasteiger partial charge in [0.1, 0.15) is 0 Å². The number of benzene rings is 1. The number of rotatable bonds is 2. The van der Waals surface area contributed by atoms with Gasteiger partial charge in [-0.3, -0.25) is 0 Å². The van der Waals surface area contributed by atoms with Gasteiger partial charge in [0, 0.05) is 10.6 Å². The van der Waals surface area contributed by atoms with Crippen LogP contribution >= 0.6 is 11.6 Å². The minimum absolute atomic E-state index is 0.167. The fourth-order valence-corrected chi connectivity index (χ4v) is 1.32. The van der Waals surface area contributed by atoms with E-state index in [1.165, 1.54) is 7.11 Å². The zero-order valence-electron chi connectivity index (χ0n) is 8.51. The number of methoxy groups -OCH3 is 1. The van der Waals surface area contributed by atoms with Gasteiger partial charge in [-0.25, -0.2) is 0 Å².